The normalized spacial score (nSPS) is 20.2. The van der Waals surface area contributed by atoms with Gasteiger partial charge in [-0.05, 0) is 30.5 Å². The smallest absolute Gasteiger partial charge is 0.118 e. The van der Waals surface area contributed by atoms with Crippen molar-refractivity contribution in [3.05, 3.63) is 29.8 Å². The van der Waals surface area contributed by atoms with Crippen LogP contribution in [0.5, 0.6) is 5.75 Å². The Morgan fingerprint density at radius 3 is 2.29 bits per heavy atom. The van der Waals surface area contributed by atoms with Crippen LogP contribution in [0.3, 0.4) is 0 Å². The van der Waals surface area contributed by atoms with Crippen LogP contribution in [-0.2, 0) is 0 Å². The van der Waals surface area contributed by atoms with E-state index in [9.17, 15) is 10.2 Å². The zero-order valence-electron chi connectivity index (χ0n) is 8.10. The molecule has 1 fully saturated rings. The lowest BCUT2D eigenvalue weighted by Crippen LogP contribution is -2.19. The third kappa shape index (κ3) is 1.61. The Kier molecular flexibility index (Phi) is 2.21. The summed E-state index contributed by atoms with van der Waals surface area (Å²) in [5.74, 6) is 0.753. The molecule has 14 heavy (non-hydrogen) atoms. The molecule has 0 heterocycles. The number of aliphatic hydroxyl groups excluding tert-OH is 1. The number of rotatable bonds is 3. The van der Waals surface area contributed by atoms with E-state index < -0.39 is 11.7 Å². The van der Waals surface area contributed by atoms with E-state index in [1.807, 2.05) is 0 Å². The van der Waals surface area contributed by atoms with E-state index in [2.05, 4.69) is 0 Å². The van der Waals surface area contributed by atoms with E-state index in [1.165, 1.54) is 0 Å². The van der Waals surface area contributed by atoms with Gasteiger partial charge in [0.1, 0.15) is 11.9 Å². The minimum absolute atomic E-state index is 0.681. The van der Waals surface area contributed by atoms with Crippen LogP contribution in [0.25, 0.3) is 0 Å². The first-order chi connectivity index (χ1) is 6.65. The van der Waals surface area contributed by atoms with E-state index in [0.29, 0.717) is 12.8 Å². The molecule has 0 radical (unpaired) electrons. The number of hydrogen-bond donors (Lipinski definition) is 2. The Labute approximate surface area is 83.0 Å². The molecular formula is C11H14O3. The summed E-state index contributed by atoms with van der Waals surface area (Å²) in [6.07, 6.45) is 0.592. The second kappa shape index (κ2) is 3.26. The molecule has 2 rings (SSSR count). The summed E-state index contributed by atoms with van der Waals surface area (Å²) in [5, 5.41) is 19.5. The van der Waals surface area contributed by atoms with Crippen molar-refractivity contribution in [1.82, 2.24) is 0 Å². The molecule has 76 valence electrons. The highest BCUT2D eigenvalue weighted by molar-refractivity contribution is 5.30. The fourth-order valence-corrected chi connectivity index (χ4v) is 1.50. The lowest BCUT2D eigenvalue weighted by molar-refractivity contribution is -0.00174. The lowest BCUT2D eigenvalue weighted by Gasteiger charge is -2.16. The van der Waals surface area contributed by atoms with Crippen molar-refractivity contribution in [2.24, 2.45) is 0 Å². The fraction of sp³-hybridized carbons (Fsp3) is 0.455. The first-order valence-electron chi connectivity index (χ1n) is 4.70. The van der Waals surface area contributed by atoms with Gasteiger partial charge in [-0.1, -0.05) is 12.1 Å². The van der Waals surface area contributed by atoms with Crippen LogP contribution in [0, 0.1) is 0 Å². The minimum Gasteiger partial charge on any atom is -0.497 e. The predicted octanol–water partition coefficient (Wildman–Crippen LogP) is 1.25. The average Bonchev–Trinajstić information content (AvgIpc) is 2.97. The van der Waals surface area contributed by atoms with Crippen molar-refractivity contribution in [1.29, 1.82) is 0 Å². The summed E-state index contributed by atoms with van der Waals surface area (Å²) in [7, 11) is 1.60. The van der Waals surface area contributed by atoms with Gasteiger partial charge in [0.15, 0.2) is 0 Å². The Morgan fingerprint density at radius 2 is 1.86 bits per heavy atom. The van der Waals surface area contributed by atoms with Gasteiger partial charge in [-0.25, -0.2) is 0 Å². The van der Waals surface area contributed by atoms with E-state index in [-0.39, 0.29) is 0 Å². The molecule has 3 heteroatoms. The van der Waals surface area contributed by atoms with Crippen molar-refractivity contribution in [2.45, 2.75) is 24.5 Å². The van der Waals surface area contributed by atoms with Crippen LogP contribution in [0.2, 0.25) is 0 Å². The Morgan fingerprint density at radius 1 is 1.29 bits per heavy atom. The van der Waals surface area contributed by atoms with Crippen LogP contribution in [-0.4, -0.2) is 22.9 Å². The molecule has 1 aromatic rings. The summed E-state index contributed by atoms with van der Waals surface area (Å²) in [4.78, 5) is 0. The average molecular weight is 194 g/mol. The van der Waals surface area contributed by atoms with E-state index in [0.717, 1.165) is 11.3 Å². The maximum Gasteiger partial charge on any atom is 0.118 e. The van der Waals surface area contributed by atoms with Gasteiger partial charge in [-0.2, -0.15) is 0 Å². The van der Waals surface area contributed by atoms with Gasteiger partial charge in [0.05, 0.1) is 12.7 Å². The van der Waals surface area contributed by atoms with E-state index in [1.54, 1.807) is 31.4 Å². The van der Waals surface area contributed by atoms with Crippen LogP contribution in [0.4, 0.5) is 0 Å². The fourth-order valence-electron chi connectivity index (χ4n) is 1.50. The zero-order valence-corrected chi connectivity index (χ0v) is 8.10. The number of benzene rings is 1. The highest BCUT2D eigenvalue weighted by Gasteiger charge is 2.47. The van der Waals surface area contributed by atoms with Gasteiger partial charge in [0, 0.05) is 0 Å². The van der Waals surface area contributed by atoms with Crippen LogP contribution < -0.4 is 4.74 Å². The van der Waals surface area contributed by atoms with Crippen LogP contribution >= 0.6 is 0 Å². The standard InChI is InChI=1S/C11H14O3/c1-14-9-4-2-8(3-5-9)10(12)11(13)6-7-11/h2-5,10,12-13H,6-7H2,1H3/t10-/m0/s1. The quantitative estimate of drug-likeness (QED) is 0.761. The van der Waals surface area contributed by atoms with E-state index in [4.69, 9.17) is 4.74 Å². The van der Waals surface area contributed by atoms with Crippen molar-refractivity contribution < 1.29 is 14.9 Å². The van der Waals surface area contributed by atoms with Crippen LogP contribution in [0.1, 0.15) is 24.5 Å². The molecule has 1 aliphatic rings. The predicted molar refractivity (Wildman–Crippen MR) is 52.1 cm³/mol. The molecule has 0 aliphatic heterocycles. The molecule has 3 nitrogen and oxygen atoms in total. The number of methoxy groups -OCH3 is 1. The molecule has 0 unspecified atom stereocenters. The largest absolute Gasteiger partial charge is 0.497 e. The van der Waals surface area contributed by atoms with Crippen molar-refractivity contribution >= 4 is 0 Å². The van der Waals surface area contributed by atoms with Gasteiger partial charge in [0.2, 0.25) is 0 Å². The van der Waals surface area contributed by atoms with Gasteiger partial charge in [-0.3, -0.25) is 0 Å². The molecule has 1 atom stereocenters. The van der Waals surface area contributed by atoms with Crippen molar-refractivity contribution in [3.63, 3.8) is 0 Å². The molecule has 0 saturated heterocycles. The first kappa shape index (κ1) is 9.49. The van der Waals surface area contributed by atoms with Gasteiger partial charge < -0.3 is 14.9 Å². The number of hydrogen-bond acceptors (Lipinski definition) is 3. The molecule has 0 spiro atoms. The zero-order chi connectivity index (χ0) is 10.2. The monoisotopic (exact) mass is 194 g/mol. The summed E-state index contributed by atoms with van der Waals surface area (Å²) in [6, 6.07) is 7.12. The molecule has 0 aromatic heterocycles. The van der Waals surface area contributed by atoms with Gasteiger partial charge in [-0.15, -0.1) is 0 Å². The summed E-state index contributed by atoms with van der Waals surface area (Å²) < 4.78 is 5.01. The molecular weight excluding hydrogens is 180 g/mol. The summed E-state index contributed by atoms with van der Waals surface area (Å²) >= 11 is 0. The summed E-state index contributed by atoms with van der Waals surface area (Å²) in [5.41, 5.74) is -0.139. The number of ether oxygens (including phenoxy) is 1. The highest BCUT2D eigenvalue weighted by atomic mass is 16.5. The molecule has 0 bridgehead atoms. The minimum atomic E-state index is -0.880. The maximum absolute atomic E-state index is 9.79. The number of aliphatic hydroxyl groups is 2. The van der Waals surface area contributed by atoms with E-state index >= 15 is 0 Å². The molecule has 1 aromatic carbocycles. The third-order valence-corrected chi connectivity index (χ3v) is 2.70. The topological polar surface area (TPSA) is 49.7 Å². The second-order valence-corrected chi connectivity index (χ2v) is 3.78. The molecule has 2 N–H and O–H groups in total. The third-order valence-electron chi connectivity index (χ3n) is 2.70. The van der Waals surface area contributed by atoms with Crippen LogP contribution in [0.15, 0.2) is 24.3 Å². The Bertz CT molecular complexity index is 314. The molecule has 1 aliphatic carbocycles. The molecule has 0 amide bonds. The SMILES string of the molecule is COc1ccc([C@H](O)C2(O)CC2)cc1. The van der Waals surface area contributed by atoms with Gasteiger partial charge in [0.25, 0.3) is 0 Å². The van der Waals surface area contributed by atoms with Gasteiger partial charge >= 0.3 is 0 Å². The maximum atomic E-state index is 9.79. The van der Waals surface area contributed by atoms with Crippen molar-refractivity contribution in [3.8, 4) is 5.75 Å². The second-order valence-electron chi connectivity index (χ2n) is 3.78. The molecule has 1 saturated carbocycles. The summed E-state index contributed by atoms with van der Waals surface area (Å²) in [6.45, 7) is 0. The highest BCUT2D eigenvalue weighted by Crippen LogP contribution is 2.45. The first-order valence-corrected chi connectivity index (χ1v) is 4.70. The van der Waals surface area contributed by atoms with Crippen molar-refractivity contribution in [2.75, 3.05) is 7.11 Å². The Hall–Kier alpha value is -1.06. The lowest BCUT2D eigenvalue weighted by atomic mass is 10.0. The Balaban J connectivity index is 2.16.